The van der Waals surface area contributed by atoms with Crippen LogP contribution in [0.25, 0.3) is 11.1 Å². The maximum Gasteiger partial charge on any atom is 0.318 e. The molecule has 2 aromatic rings. The lowest BCUT2D eigenvalue weighted by atomic mass is 10.0. The fourth-order valence-electron chi connectivity index (χ4n) is 3.77. The number of hydrogen-bond donors (Lipinski definition) is 1. The Balaban J connectivity index is 1.71. The van der Waals surface area contributed by atoms with Gasteiger partial charge in [0.05, 0.1) is 21.7 Å². The molecule has 1 unspecified atom stereocenters. The van der Waals surface area contributed by atoms with Crippen molar-refractivity contribution in [3.63, 3.8) is 0 Å². The molecule has 9 heteroatoms. The molecule has 7 nitrogen and oxygen atoms in total. The van der Waals surface area contributed by atoms with Gasteiger partial charge in [-0.3, -0.25) is 4.98 Å². The molecule has 0 radical (unpaired) electrons. The average Bonchev–Trinajstić information content (AvgIpc) is 2.81. The van der Waals surface area contributed by atoms with E-state index in [2.05, 4.69) is 28.3 Å². The quantitative estimate of drug-likeness (QED) is 0.709. The summed E-state index contributed by atoms with van der Waals surface area (Å²) in [5.41, 5.74) is 2.38. The van der Waals surface area contributed by atoms with Crippen LogP contribution in [0, 0.1) is 22.7 Å². The van der Waals surface area contributed by atoms with Gasteiger partial charge in [0.1, 0.15) is 12.1 Å². The van der Waals surface area contributed by atoms with Crippen molar-refractivity contribution in [1.82, 2.24) is 20.1 Å². The Bertz CT molecular complexity index is 1070. The van der Waals surface area contributed by atoms with E-state index in [1.165, 1.54) is 6.20 Å². The first-order chi connectivity index (χ1) is 15.3. The SMILES string of the molecule is CN1CCC(N(C)C(=O)NC(C#N)Cc2ccc(-c3cncc(C#N)c3)c(Cl)c2Cl)CC1. The first kappa shape index (κ1) is 23.8. The molecule has 1 atom stereocenters. The van der Waals surface area contributed by atoms with Gasteiger partial charge in [0.25, 0.3) is 0 Å². The number of nitrogens with zero attached hydrogens (tertiary/aromatic N) is 5. The van der Waals surface area contributed by atoms with E-state index in [1.807, 2.05) is 6.07 Å². The zero-order valence-corrected chi connectivity index (χ0v) is 19.5. The number of piperidine rings is 1. The summed E-state index contributed by atoms with van der Waals surface area (Å²) in [5, 5.41) is 22.1. The molecule has 1 fully saturated rings. The van der Waals surface area contributed by atoms with E-state index in [4.69, 9.17) is 28.5 Å². The molecule has 0 aliphatic carbocycles. The highest BCUT2D eigenvalue weighted by Gasteiger charge is 2.26. The van der Waals surface area contributed by atoms with Crippen LogP contribution in [-0.2, 0) is 6.42 Å². The highest BCUT2D eigenvalue weighted by Crippen LogP contribution is 2.36. The van der Waals surface area contributed by atoms with Crippen molar-refractivity contribution < 1.29 is 4.79 Å². The van der Waals surface area contributed by atoms with Crippen molar-refractivity contribution in [3.05, 3.63) is 51.8 Å². The standard InChI is InChI=1S/C23H24Cl2N6O/c1-30-7-5-19(6-8-30)31(2)23(32)29-18(12-27)10-16-3-4-20(22(25)21(16)24)17-9-15(11-26)13-28-14-17/h3-4,9,13-14,18-19H,5-8,10H2,1-2H3,(H,29,32). The largest absolute Gasteiger partial charge is 0.325 e. The first-order valence-corrected chi connectivity index (χ1v) is 11.0. The Kier molecular flexibility index (Phi) is 7.93. The average molecular weight is 471 g/mol. The van der Waals surface area contributed by atoms with Crippen molar-refractivity contribution in [2.75, 3.05) is 27.2 Å². The van der Waals surface area contributed by atoms with Gasteiger partial charge in [-0.15, -0.1) is 0 Å². The van der Waals surface area contributed by atoms with E-state index in [0.717, 1.165) is 25.9 Å². The van der Waals surface area contributed by atoms with Crippen LogP contribution in [0.2, 0.25) is 10.0 Å². The highest BCUT2D eigenvalue weighted by molar-refractivity contribution is 6.44. The Morgan fingerprint density at radius 2 is 2.00 bits per heavy atom. The molecule has 0 saturated carbocycles. The summed E-state index contributed by atoms with van der Waals surface area (Å²) in [6, 6.07) is 8.56. The van der Waals surface area contributed by atoms with E-state index in [-0.39, 0.29) is 18.5 Å². The highest BCUT2D eigenvalue weighted by atomic mass is 35.5. The van der Waals surface area contributed by atoms with Crippen molar-refractivity contribution >= 4 is 29.2 Å². The summed E-state index contributed by atoms with van der Waals surface area (Å²) >= 11 is 13.0. The number of nitriles is 2. The second-order valence-electron chi connectivity index (χ2n) is 7.95. The number of carbonyl (C=O) groups is 1. The number of benzene rings is 1. The Hall–Kier alpha value is -2.84. The molecule has 2 heterocycles. The number of carbonyl (C=O) groups excluding carboxylic acids is 1. The summed E-state index contributed by atoms with van der Waals surface area (Å²) in [6.07, 6.45) is 5.11. The molecule has 2 amide bonds. The van der Waals surface area contributed by atoms with Gasteiger partial charge in [-0.25, -0.2) is 4.79 Å². The summed E-state index contributed by atoms with van der Waals surface area (Å²) < 4.78 is 0. The van der Waals surface area contributed by atoms with Crippen molar-refractivity contribution in [3.8, 4) is 23.3 Å². The molecule has 0 spiro atoms. The Morgan fingerprint density at radius 3 is 2.66 bits per heavy atom. The molecule has 1 aromatic heterocycles. The minimum absolute atomic E-state index is 0.153. The number of aromatic nitrogens is 1. The third-order valence-electron chi connectivity index (χ3n) is 5.77. The van der Waals surface area contributed by atoms with Gasteiger partial charge in [0.15, 0.2) is 0 Å². The molecule has 1 aromatic carbocycles. The lowest BCUT2D eigenvalue weighted by molar-refractivity contribution is 0.147. The van der Waals surface area contributed by atoms with Crippen LogP contribution in [-0.4, -0.2) is 60.1 Å². The van der Waals surface area contributed by atoms with Crippen LogP contribution >= 0.6 is 23.2 Å². The van der Waals surface area contributed by atoms with Crippen LogP contribution in [0.4, 0.5) is 4.79 Å². The summed E-state index contributed by atoms with van der Waals surface area (Å²) in [5.74, 6) is 0. The molecule has 1 aliphatic rings. The van der Waals surface area contributed by atoms with Gasteiger partial charge in [0, 0.05) is 43.0 Å². The van der Waals surface area contributed by atoms with Gasteiger partial charge < -0.3 is 15.1 Å². The van der Waals surface area contributed by atoms with Crippen molar-refractivity contribution in [2.45, 2.75) is 31.3 Å². The number of urea groups is 1. The van der Waals surface area contributed by atoms with Gasteiger partial charge in [0.2, 0.25) is 0 Å². The maximum absolute atomic E-state index is 12.7. The molecule has 1 saturated heterocycles. The van der Waals surface area contributed by atoms with Gasteiger partial charge in [-0.05, 0) is 44.6 Å². The van der Waals surface area contributed by atoms with Gasteiger partial charge in [-0.1, -0.05) is 35.3 Å². The normalized spacial score (nSPS) is 15.4. The number of halogens is 2. The summed E-state index contributed by atoms with van der Waals surface area (Å²) in [6.45, 7) is 1.88. The van der Waals surface area contributed by atoms with E-state index in [1.54, 1.807) is 36.3 Å². The predicted octanol–water partition coefficient (Wildman–Crippen LogP) is 4.10. The molecule has 3 rings (SSSR count). The fraction of sp³-hybridized carbons (Fsp3) is 0.391. The van der Waals surface area contributed by atoms with Crippen LogP contribution < -0.4 is 5.32 Å². The van der Waals surface area contributed by atoms with Crippen LogP contribution in [0.15, 0.2) is 30.6 Å². The van der Waals surface area contributed by atoms with Crippen molar-refractivity contribution in [2.24, 2.45) is 0 Å². The lowest BCUT2D eigenvalue weighted by Gasteiger charge is -2.35. The Labute approximate surface area is 198 Å². The van der Waals surface area contributed by atoms with Gasteiger partial charge >= 0.3 is 6.03 Å². The minimum Gasteiger partial charge on any atom is -0.325 e. The van der Waals surface area contributed by atoms with Gasteiger partial charge in [-0.2, -0.15) is 10.5 Å². The van der Waals surface area contributed by atoms with Crippen molar-refractivity contribution in [1.29, 1.82) is 10.5 Å². The minimum atomic E-state index is -0.751. The molecule has 32 heavy (non-hydrogen) atoms. The van der Waals surface area contributed by atoms with Crippen LogP contribution in [0.5, 0.6) is 0 Å². The zero-order chi connectivity index (χ0) is 23.3. The monoisotopic (exact) mass is 470 g/mol. The zero-order valence-electron chi connectivity index (χ0n) is 18.0. The number of pyridine rings is 1. The maximum atomic E-state index is 12.7. The topological polar surface area (TPSA) is 96.0 Å². The molecular formula is C23H24Cl2N6O. The van der Waals surface area contributed by atoms with E-state index in [9.17, 15) is 10.1 Å². The number of nitrogens with one attached hydrogen (secondary N) is 1. The number of rotatable bonds is 5. The molecule has 1 aliphatic heterocycles. The lowest BCUT2D eigenvalue weighted by Crippen LogP contribution is -2.50. The predicted molar refractivity (Wildman–Crippen MR) is 124 cm³/mol. The smallest absolute Gasteiger partial charge is 0.318 e. The van der Waals surface area contributed by atoms with E-state index >= 15 is 0 Å². The number of amides is 2. The molecule has 166 valence electrons. The third-order valence-corrected chi connectivity index (χ3v) is 6.70. The fourth-order valence-corrected chi connectivity index (χ4v) is 4.30. The van der Waals surface area contributed by atoms with Crippen LogP contribution in [0.1, 0.15) is 24.0 Å². The van der Waals surface area contributed by atoms with E-state index in [0.29, 0.717) is 32.3 Å². The number of likely N-dealkylation sites (tertiary alicyclic amines) is 1. The summed E-state index contributed by atoms with van der Waals surface area (Å²) in [4.78, 5) is 20.7. The third kappa shape index (κ3) is 5.49. The second kappa shape index (κ2) is 10.7. The number of hydrogen-bond acceptors (Lipinski definition) is 5. The van der Waals surface area contributed by atoms with Crippen LogP contribution in [0.3, 0.4) is 0 Å². The van der Waals surface area contributed by atoms with E-state index < -0.39 is 6.04 Å². The first-order valence-electron chi connectivity index (χ1n) is 10.3. The second-order valence-corrected chi connectivity index (χ2v) is 8.71. The summed E-state index contributed by atoms with van der Waals surface area (Å²) in [7, 11) is 3.83. The molecule has 1 N–H and O–H groups in total. The molecular weight excluding hydrogens is 447 g/mol. The Morgan fingerprint density at radius 1 is 1.28 bits per heavy atom. The molecule has 0 bridgehead atoms.